The molecule has 1 heterocycles. The Morgan fingerprint density at radius 2 is 2.25 bits per heavy atom. The summed E-state index contributed by atoms with van der Waals surface area (Å²) in [5, 5.41) is 0.743. The summed E-state index contributed by atoms with van der Waals surface area (Å²) in [6, 6.07) is 7.88. The van der Waals surface area contributed by atoms with Gasteiger partial charge in [-0.05, 0) is 43.7 Å². The number of likely N-dealkylation sites (tertiary alicyclic amines) is 1. The van der Waals surface area contributed by atoms with Crippen molar-refractivity contribution in [2.24, 2.45) is 11.7 Å². The lowest BCUT2D eigenvalue weighted by Crippen LogP contribution is -2.45. The zero-order chi connectivity index (χ0) is 14.5. The van der Waals surface area contributed by atoms with Gasteiger partial charge in [0, 0.05) is 30.6 Å². The molecule has 1 aromatic carbocycles. The Morgan fingerprint density at radius 3 is 2.95 bits per heavy atom. The second kappa shape index (κ2) is 7.09. The second-order valence-corrected chi connectivity index (χ2v) is 6.10. The molecule has 3 nitrogen and oxygen atoms in total. The SMILES string of the molecule is CC(N)C1CCCN(C(=O)CCc2ccccc2Cl)C1. The Bertz CT molecular complexity index is 462. The number of carbonyl (C=O) groups is 1. The molecule has 4 heteroatoms. The first kappa shape index (κ1) is 15.3. The summed E-state index contributed by atoms with van der Waals surface area (Å²) in [5.41, 5.74) is 7.00. The molecular weight excluding hydrogens is 272 g/mol. The van der Waals surface area contributed by atoms with Crippen LogP contribution in [0.4, 0.5) is 0 Å². The zero-order valence-electron chi connectivity index (χ0n) is 12.0. The molecule has 1 aromatic rings. The van der Waals surface area contributed by atoms with Crippen LogP contribution in [0.5, 0.6) is 0 Å². The van der Waals surface area contributed by atoms with Crippen molar-refractivity contribution in [3.63, 3.8) is 0 Å². The quantitative estimate of drug-likeness (QED) is 0.928. The molecule has 1 amide bonds. The predicted octanol–water partition coefficient (Wildman–Crippen LogP) is 2.86. The van der Waals surface area contributed by atoms with Gasteiger partial charge in [-0.1, -0.05) is 29.8 Å². The first-order valence-corrected chi connectivity index (χ1v) is 7.72. The lowest BCUT2D eigenvalue weighted by atomic mass is 9.92. The van der Waals surface area contributed by atoms with Crippen LogP contribution in [-0.4, -0.2) is 29.9 Å². The summed E-state index contributed by atoms with van der Waals surface area (Å²) in [4.78, 5) is 14.3. The van der Waals surface area contributed by atoms with E-state index in [9.17, 15) is 4.79 Å². The molecule has 110 valence electrons. The van der Waals surface area contributed by atoms with Crippen LogP contribution in [0, 0.1) is 5.92 Å². The van der Waals surface area contributed by atoms with Crippen molar-refractivity contribution in [3.8, 4) is 0 Å². The van der Waals surface area contributed by atoms with Crippen molar-refractivity contribution in [1.82, 2.24) is 4.90 Å². The third-order valence-corrected chi connectivity index (χ3v) is 4.49. The van der Waals surface area contributed by atoms with Crippen LogP contribution in [0.2, 0.25) is 5.02 Å². The third-order valence-electron chi connectivity index (χ3n) is 4.12. The molecule has 1 saturated heterocycles. The molecule has 0 aliphatic carbocycles. The molecule has 1 aliphatic heterocycles. The number of carbonyl (C=O) groups excluding carboxylic acids is 1. The Morgan fingerprint density at radius 1 is 1.50 bits per heavy atom. The molecule has 2 unspecified atom stereocenters. The topological polar surface area (TPSA) is 46.3 Å². The number of benzene rings is 1. The van der Waals surface area contributed by atoms with E-state index in [2.05, 4.69) is 0 Å². The van der Waals surface area contributed by atoms with Crippen molar-refractivity contribution in [2.45, 2.75) is 38.6 Å². The van der Waals surface area contributed by atoms with E-state index in [1.165, 1.54) is 0 Å². The summed E-state index contributed by atoms with van der Waals surface area (Å²) in [6.45, 7) is 3.70. The fourth-order valence-electron chi connectivity index (χ4n) is 2.77. The third kappa shape index (κ3) is 3.97. The fraction of sp³-hybridized carbons (Fsp3) is 0.562. The van der Waals surface area contributed by atoms with Gasteiger partial charge in [-0.3, -0.25) is 4.79 Å². The number of nitrogens with two attached hydrogens (primary N) is 1. The van der Waals surface area contributed by atoms with E-state index in [-0.39, 0.29) is 11.9 Å². The smallest absolute Gasteiger partial charge is 0.222 e. The molecule has 20 heavy (non-hydrogen) atoms. The Labute approximate surface area is 126 Å². The van der Waals surface area contributed by atoms with Crippen molar-refractivity contribution in [1.29, 1.82) is 0 Å². The van der Waals surface area contributed by atoms with Gasteiger partial charge in [-0.2, -0.15) is 0 Å². The molecular formula is C16H23ClN2O. The van der Waals surface area contributed by atoms with Gasteiger partial charge in [0.05, 0.1) is 0 Å². The number of aryl methyl sites for hydroxylation is 1. The maximum absolute atomic E-state index is 12.3. The van der Waals surface area contributed by atoms with Gasteiger partial charge in [-0.15, -0.1) is 0 Å². The number of amides is 1. The van der Waals surface area contributed by atoms with E-state index < -0.39 is 0 Å². The van der Waals surface area contributed by atoms with E-state index in [0.29, 0.717) is 18.8 Å². The van der Waals surface area contributed by atoms with Gasteiger partial charge in [0.15, 0.2) is 0 Å². The number of rotatable bonds is 4. The zero-order valence-corrected chi connectivity index (χ0v) is 12.8. The minimum absolute atomic E-state index is 0.161. The van der Waals surface area contributed by atoms with Crippen molar-refractivity contribution >= 4 is 17.5 Å². The first-order chi connectivity index (χ1) is 9.58. The fourth-order valence-corrected chi connectivity index (χ4v) is 3.00. The number of hydrogen-bond donors (Lipinski definition) is 1. The molecule has 2 rings (SSSR count). The Balaban J connectivity index is 1.87. The Hall–Kier alpha value is -1.06. The van der Waals surface area contributed by atoms with E-state index in [1.807, 2.05) is 36.1 Å². The number of halogens is 1. The Kier molecular flexibility index (Phi) is 5.44. The highest BCUT2D eigenvalue weighted by Crippen LogP contribution is 2.21. The molecule has 1 aliphatic rings. The standard InChI is InChI=1S/C16H23ClN2O/c1-12(18)14-6-4-10-19(11-14)16(20)9-8-13-5-2-3-7-15(13)17/h2-3,5,7,12,14H,4,6,8-11,18H2,1H3. The first-order valence-electron chi connectivity index (χ1n) is 7.34. The maximum atomic E-state index is 12.3. The summed E-state index contributed by atoms with van der Waals surface area (Å²) < 4.78 is 0. The number of piperidine rings is 1. The lowest BCUT2D eigenvalue weighted by molar-refractivity contribution is -0.133. The van der Waals surface area contributed by atoms with Gasteiger partial charge in [0.2, 0.25) is 5.91 Å². The van der Waals surface area contributed by atoms with E-state index >= 15 is 0 Å². The lowest BCUT2D eigenvalue weighted by Gasteiger charge is -2.34. The highest BCUT2D eigenvalue weighted by atomic mass is 35.5. The molecule has 0 saturated carbocycles. The molecule has 0 spiro atoms. The van der Waals surface area contributed by atoms with Gasteiger partial charge in [-0.25, -0.2) is 0 Å². The highest BCUT2D eigenvalue weighted by molar-refractivity contribution is 6.31. The minimum Gasteiger partial charge on any atom is -0.342 e. The van der Waals surface area contributed by atoms with Crippen LogP contribution < -0.4 is 5.73 Å². The van der Waals surface area contributed by atoms with Crippen LogP contribution in [0.1, 0.15) is 31.7 Å². The molecule has 2 N–H and O–H groups in total. The van der Waals surface area contributed by atoms with Crippen LogP contribution in [0.25, 0.3) is 0 Å². The predicted molar refractivity (Wildman–Crippen MR) is 82.7 cm³/mol. The summed E-state index contributed by atoms with van der Waals surface area (Å²) >= 11 is 6.12. The summed E-state index contributed by atoms with van der Waals surface area (Å²) in [7, 11) is 0. The summed E-state index contributed by atoms with van der Waals surface area (Å²) in [6.07, 6.45) is 3.42. The molecule has 1 fully saturated rings. The van der Waals surface area contributed by atoms with Crippen molar-refractivity contribution in [3.05, 3.63) is 34.9 Å². The average Bonchev–Trinajstić information content (AvgIpc) is 2.46. The van der Waals surface area contributed by atoms with Gasteiger partial charge < -0.3 is 10.6 Å². The second-order valence-electron chi connectivity index (χ2n) is 5.69. The average molecular weight is 295 g/mol. The minimum atomic E-state index is 0.161. The van der Waals surface area contributed by atoms with Crippen LogP contribution in [0.3, 0.4) is 0 Å². The van der Waals surface area contributed by atoms with Crippen molar-refractivity contribution < 1.29 is 4.79 Å². The summed E-state index contributed by atoms with van der Waals surface area (Å²) in [5.74, 6) is 0.656. The maximum Gasteiger partial charge on any atom is 0.222 e. The van der Waals surface area contributed by atoms with Gasteiger partial charge in [0.25, 0.3) is 0 Å². The van der Waals surface area contributed by atoms with Crippen molar-refractivity contribution in [2.75, 3.05) is 13.1 Å². The van der Waals surface area contributed by atoms with Crippen LogP contribution in [0.15, 0.2) is 24.3 Å². The number of nitrogens with zero attached hydrogens (tertiary/aromatic N) is 1. The molecule has 0 radical (unpaired) electrons. The van der Waals surface area contributed by atoms with E-state index in [1.54, 1.807) is 0 Å². The van der Waals surface area contributed by atoms with Gasteiger partial charge in [0.1, 0.15) is 0 Å². The largest absolute Gasteiger partial charge is 0.342 e. The molecule has 0 bridgehead atoms. The van der Waals surface area contributed by atoms with Crippen LogP contribution >= 0.6 is 11.6 Å². The van der Waals surface area contributed by atoms with E-state index in [0.717, 1.165) is 36.5 Å². The molecule has 0 aromatic heterocycles. The molecule has 2 atom stereocenters. The highest BCUT2D eigenvalue weighted by Gasteiger charge is 2.25. The van der Waals surface area contributed by atoms with Crippen LogP contribution in [-0.2, 0) is 11.2 Å². The van der Waals surface area contributed by atoms with E-state index in [4.69, 9.17) is 17.3 Å². The monoisotopic (exact) mass is 294 g/mol. The number of hydrogen-bond acceptors (Lipinski definition) is 2. The normalized spacial score (nSPS) is 20.8. The van der Waals surface area contributed by atoms with Gasteiger partial charge >= 0.3 is 0 Å².